The minimum absolute atomic E-state index is 0.135. The molecule has 0 unspecified atom stereocenters. The van der Waals surface area contributed by atoms with Gasteiger partial charge in [-0.3, -0.25) is 0 Å². The Morgan fingerprint density at radius 1 is 0.750 bits per heavy atom. The van der Waals surface area contributed by atoms with Crippen molar-refractivity contribution in [3.63, 3.8) is 0 Å². The van der Waals surface area contributed by atoms with E-state index in [0.29, 0.717) is 5.56 Å². The molecule has 1 N–H and O–H groups in total. The molecule has 9 heteroatoms. The van der Waals surface area contributed by atoms with Gasteiger partial charge in [0.05, 0.1) is 0 Å². The third kappa shape index (κ3) is 5.49. The van der Waals surface area contributed by atoms with Crippen LogP contribution in [0.4, 0.5) is 5.00 Å². The van der Waals surface area contributed by atoms with E-state index < -0.39 is 17.2 Å². The molecule has 0 aliphatic carbocycles. The van der Waals surface area contributed by atoms with Gasteiger partial charge in [0.15, 0.2) is 0 Å². The monoisotopic (exact) mass is 639 g/mol. The van der Waals surface area contributed by atoms with Crippen molar-refractivity contribution in [3.05, 3.63) is 107 Å². The van der Waals surface area contributed by atoms with Crippen LogP contribution in [-0.4, -0.2) is 31.1 Å². The van der Waals surface area contributed by atoms with Gasteiger partial charge in [-0.05, 0) is 0 Å². The summed E-state index contributed by atoms with van der Waals surface area (Å²) in [6.07, 6.45) is 0.252. The molecule has 0 saturated heterocycles. The van der Waals surface area contributed by atoms with Crippen molar-refractivity contribution in [3.8, 4) is 0 Å². The maximum atomic E-state index is 13.5. The number of carbonyl (C=O) groups excluding carboxylic acids is 3. The molecule has 208 valence electrons. The van der Waals surface area contributed by atoms with Crippen molar-refractivity contribution in [1.82, 2.24) is 0 Å². The van der Waals surface area contributed by atoms with Crippen LogP contribution in [0, 0.1) is 0 Å². The zero-order valence-corrected chi connectivity index (χ0v) is 25.9. The second-order valence-electron chi connectivity index (χ2n) is 9.08. The van der Waals surface area contributed by atoms with Crippen LogP contribution >= 0.6 is 32.1 Å². The number of amides is 1. The molecule has 0 spiro atoms. The molecule has 0 bridgehead atoms. The molecule has 40 heavy (non-hydrogen) atoms. The first-order valence-electron chi connectivity index (χ1n) is 12.9. The molecule has 4 aromatic rings. The van der Waals surface area contributed by atoms with Gasteiger partial charge in [-0.1, -0.05) is 0 Å². The number of ether oxygens (including phenoxy) is 2. The Morgan fingerprint density at radius 3 is 1.57 bits per heavy atom. The Kier molecular flexibility index (Phi) is 9.24. The summed E-state index contributed by atoms with van der Waals surface area (Å²) in [6, 6.07) is 30.2. The molecule has 1 heterocycles. The Balaban J connectivity index is 2.16. The van der Waals surface area contributed by atoms with Gasteiger partial charge in [0.2, 0.25) is 0 Å². The van der Waals surface area contributed by atoms with Gasteiger partial charge in [-0.2, -0.15) is 0 Å². The van der Waals surface area contributed by atoms with Crippen molar-refractivity contribution in [2.75, 3.05) is 18.5 Å². The van der Waals surface area contributed by atoms with Gasteiger partial charge in [0.1, 0.15) is 0 Å². The number of carbonyl (C=O) groups is 3. The van der Waals surface area contributed by atoms with Gasteiger partial charge in [-0.25, -0.2) is 0 Å². The Labute approximate surface area is 246 Å². The molecule has 1 aromatic heterocycles. The number of benzene rings is 3. The molecule has 6 nitrogen and oxygen atoms in total. The van der Waals surface area contributed by atoms with Gasteiger partial charge >= 0.3 is 247 Å². The Bertz CT molecular complexity index is 1410. The van der Waals surface area contributed by atoms with E-state index in [1.54, 1.807) is 13.8 Å². The van der Waals surface area contributed by atoms with E-state index >= 15 is 0 Å². The van der Waals surface area contributed by atoms with Crippen LogP contribution in [0.5, 0.6) is 0 Å². The second-order valence-corrected chi connectivity index (χ2v) is 19.0. The SMILES string of the molecule is CCOC(=O)c1sc(NC(C)=O)c(C(=O)OCC)c1CP(Br)(c1ccccc1)(c1ccccc1)c1ccccc1. The van der Waals surface area contributed by atoms with Crippen molar-refractivity contribution in [1.29, 1.82) is 0 Å². The molecular weight excluding hydrogens is 609 g/mol. The van der Waals surface area contributed by atoms with Gasteiger partial charge in [-0.15, -0.1) is 0 Å². The number of thiophene rings is 1. The molecule has 0 atom stereocenters. The third-order valence-electron chi connectivity index (χ3n) is 6.58. The minimum atomic E-state index is -3.63. The summed E-state index contributed by atoms with van der Waals surface area (Å²) in [6.45, 7) is 5.11. The molecule has 0 fully saturated rings. The van der Waals surface area contributed by atoms with Crippen LogP contribution in [-0.2, 0) is 20.4 Å². The molecule has 0 saturated carbocycles. The van der Waals surface area contributed by atoms with Crippen LogP contribution in [0.15, 0.2) is 91.0 Å². The standard InChI is InChI=1S/C31H31BrNO5PS/c1-4-37-30(35)27-26(28(31(36)38-5-2)40-29(27)33-22(3)34)21-39(32,23-15-9-6-10-16-23,24-17-11-7-12-18-24)25-19-13-8-14-20-25/h6-20H,4-5,21H2,1-3H3,(H,33,34). The summed E-state index contributed by atoms with van der Waals surface area (Å²) in [5.74, 6) is -1.53. The fourth-order valence-electron chi connectivity index (χ4n) is 4.88. The van der Waals surface area contributed by atoms with E-state index in [4.69, 9.17) is 9.47 Å². The van der Waals surface area contributed by atoms with Gasteiger partial charge < -0.3 is 0 Å². The quantitative estimate of drug-likeness (QED) is 0.160. The number of rotatable bonds is 10. The Morgan fingerprint density at radius 2 is 1.18 bits per heavy atom. The zero-order valence-electron chi connectivity index (χ0n) is 22.6. The van der Waals surface area contributed by atoms with E-state index in [0.717, 1.165) is 27.3 Å². The fraction of sp³-hybridized carbons (Fsp3) is 0.194. The van der Waals surface area contributed by atoms with Crippen molar-refractivity contribution in [2.45, 2.75) is 26.9 Å². The van der Waals surface area contributed by atoms with E-state index in [2.05, 4.69) is 57.2 Å². The first-order chi connectivity index (χ1) is 19.2. The average Bonchev–Trinajstić information content (AvgIpc) is 3.31. The summed E-state index contributed by atoms with van der Waals surface area (Å²) in [5.41, 5.74) is 0.637. The molecule has 1 amide bonds. The second kappa shape index (κ2) is 12.5. The molecule has 0 aliphatic heterocycles. The first-order valence-corrected chi connectivity index (χ1v) is 18.2. The summed E-state index contributed by atoms with van der Waals surface area (Å²) < 4.78 is 10.9. The van der Waals surface area contributed by atoms with Crippen molar-refractivity contribution >= 4 is 70.9 Å². The van der Waals surface area contributed by atoms with E-state index in [1.807, 2.05) is 54.6 Å². The number of nitrogens with one attached hydrogen (secondary N) is 1. The predicted octanol–water partition coefficient (Wildman–Crippen LogP) is 6.40. The van der Waals surface area contributed by atoms with Crippen LogP contribution in [0.25, 0.3) is 0 Å². The summed E-state index contributed by atoms with van der Waals surface area (Å²) in [5, 5.41) is 2.44. The third-order valence-corrected chi connectivity index (χ3v) is 17.2. The van der Waals surface area contributed by atoms with Crippen LogP contribution in [0.3, 0.4) is 0 Å². The van der Waals surface area contributed by atoms with Crippen LogP contribution < -0.4 is 21.2 Å². The zero-order chi connectivity index (χ0) is 28.8. The molecule has 3 aromatic carbocycles. The number of hydrogen-bond donors (Lipinski definition) is 1. The summed E-state index contributed by atoms with van der Waals surface area (Å²) in [7, 11) is 0. The predicted molar refractivity (Wildman–Crippen MR) is 168 cm³/mol. The van der Waals surface area contributed by atoms with E-state index in [-0.39, 0.29) is 40.7 Å². The molecule has 0 aliphatic rings. The van der Waals surface area contributed by atoms with E-state index in [1.165, 1.54) is 6.92 Å². The number of halogens is 1. The van der Waals surface area contributed by atoms with Gasteiger partial charge in [0, 0.05) is 0 Å². The summed E-state index contributed by atoms with van der Waals surface area (Å²) >= 11 is 5.44. The fourth-order valence-corrected chi connectivity index (χ4v) is 13.7. The Hall–Kier alpha value is -3.32. The van der Waals surface area contributed by atoms with E-state index in [9.17, 15) is 14.4 Å². The summed E-state index contributed by atoms with van der Waals surface area (Å²) in [4.78, 5) is 39.4. The number of anilines is 1. The normalized spacial score (nSPS) is 12.2. The molecule has 4 rings (SSSR count). The van der Waals surface area contributed by atoms with Crippen molar-refractivity contribution < 1.29 is 23.9 Å². The molecular formula is C31H31BrNO5PS. The molecule has 0 radical (unpaired) electrons. The van der Waals surface area contributed by atoms with Gasteiger partial charge in [0.25, 0.3) is 0 Å². The van der Waals surface area contributed by atoms with Crippen LogP contribution in [0.2, 0.25) is 0 Å². The maximum absolute atomic E-state index is 13.5. The topological polar surface area (TPSA) is 81.7 Å². The van der Waals surface area contributed by atoms with Crippen LogP contribution in [0.1, 0.15) is 46.4 Å². The van der Waals surface area contributed by atoms with Crippen molar-refractivity contribution in [2.24, 2.45) is 0 Å². The number of esters is 2. The number of hydrogen-bond acceptors (Lipinski definition) is 6. The average molecular weight is 641 g/mol. The first kappa shape index (κ1) is 29.7.